The van der Waals surface area contributed by atoms with E-state index in [1.165, 1.54) is 6.42 Å². The van der Waals surface area contributed by atoms with E-state index in [-0.39, 0.29) is 18.0 Å². The lowest BCUT2D eigenvalue weighted by atomic mass is 10.0. The largest absolute Gasteiger partial charge is 0.341 e. The quantitative estimate of drug-likeness (QED) is 0.753. The first-order valence-electron chi connectivity index (χ1n) is 6.57. The van der Waals surface area contributed by atoms with Crippen molar-refractivity contribution in [3.63, 3.8) is 0 Å². The van der Waals surface area contributed by atoms with Gasteiger partial charge in [0.15, 0.2) is 0 Å². The van der Waals surface area contributed by atoms with Crippen LogP contribution in [0.15, 0.2) is 0 Å². The molecule has 1 aliphatic heterocycles. The molecular formula is C14H24N2O. The van der Waals surface area contributed by atoms with Gasteiger partial charge in [-0.25, -0.2) is 0 Å². The van der Waals surface area contributed by atoms with Crippen molar-refractivity contribution in [2.45, 2.75) is 52.1 Å². The van der Waals surface area contributed by atoms with Crippen LogP contribution in [0, 0.1) is 18.3 Å². The van der Waals surface area contributed by atoms with Gasteiger partial charge in [0.1, 0.15) is 0 Å². The van der Waals surface area contributed by atoms with Gasteiger partial charge in [0, 0.05) is 13.1 Å². The zero-order valence-electron chi connectivity index (χ0n) is 11.2. The molecule has 1 aliphatic rings. The summed E-state index contributed by atoms with van der Waals surface area (Å²) in [5.41, 5.74) is 0. The molecule has 0 radical (unpaired) electrons. The predicted octanol–water partition coefficient (Wildman–Crippen LogP) is 1.63. The Kier molecular flexibility index (Phi) is 5.50. The molecule has 0 aromatic rings. The Morgan fingerprint density at radius 3 is 2.29 bits per heavy atom. The van der Waals surface area contributed by atoms with Crippen molar-refractivity contribution < 1.29 is 4.79 Å². The molecule has 1 fully saturated rings. The Balaban J connectivity index is 2.48. The van der Waals surface area contributed by atoms with Crippen LogP contribution in [0.1, 0.15) is 40.0 Å². The predicted molar refractivity (Wildman–Crippen MR) is 70.5 cm³/mol. The lowest BCUT2D eigenvalue weighted by Gasteiger charge is -2.31. The van der Waals surface area contributed by atoms with E-state index in [2.05, 4.69) is 25.1 Å². The zero-order valence-corrected chi connectivity index (χ0v) is 11.2. The van der Waals surface area contributed by atoms with E-state index in [4.69, 9.17) is 6.42 Å². The number of carbonyl (C=O) groups excluding carboxylic acids is 1. The van der Waals surface area contributed by atoms with Crippen LogP contribution in [-0.2, 0) is 4.79 Å². The van der Waals surface area contributed by atoms with Gasteiger partial charge >= 0.3 is 0 Å². The number of likely N-dealkylation sites (tertiary alicyclic amines) is 1. The number of hydrogen-bond acceptors (Lipinski definition) is 2. The third kappa shape index (κ3) is 4.05. The molecule has 1 N–H and O–H groups in total. The maximum atomic E-state index is 12.2. The molecule has 0 saturated carbocycles. The minimum Gasteiger partial charge on any atom is -0.341 e. The lowest BCUT2D eigenvalue weighted by molar-refractivity contribution is -0.134. The van der Waals surface area contributed by atoms with E-state index < -0.39 is 0 Å². The maximum absolute atomic E-state index is 12.2. The van der Waals surface area contributed by atoms with Crippen LogP contribution in [0.5, 0.6) is 0 Å². The summed E-state index contributed by atoms with van der Waals surface area (Å²) in [7, 11) is 0. The second kappa shape index (κ2) is 6.66. The second-order valence-corrected chi connectivity index (χ2v) is 5.16. The normalized spacial score (nSPS) is 19.8. The molecule has 0 aliphatic carbocycles. The Morgan fingerprint density at radius 2 is 1.82 bits per heavy atom. The Hall–Kier alpha value is -1.01. The molecule has 3 nitrogen and oxygen atoms in total. The molecular weight excluding hydrogens is 212 g/mol. The van der Waals surface area contributed by atoms with E-state index in [1.807, 2.05) is 11.8 Å². The topological polar surface area (TPSA) is 32.3 Å². The zero-order chi connectivity index (χ0) is 12.8. The number of nitrogens with one attached hydrogen (secondary N) is 1. The summed E-state index contributed by atoms with van der Waals surface area (Å²) < 4.78 is 0. The first-order chi connectivity index (χ1) is 8.06. The SMILES string of the molecule is C#CC(NC(C)C(=O)N1CCCCC1)C(C)C. The number of carbonyl (C=O) groups is 1. The number of nitrogens with zero attached hydrogens (tertiary/aromatic N) is 1. The van der Waals surface area contributed by atoms with Crippen LogP contribution in [-0.4, -0.2) is 36.0 Å². The minimum atomic E-state index is -0.184. The molecule has 0 spiro atoms. The van der Waals surface area contributed by atoms with Gasteiger partial charge in [-0.1, -0.05) is 19.8 Å². The number of rotatable bonds is 4. The summed E-state index contributed by atoms with van der Waals surface area (Å²) in [5.74, 6) is 3.24. The lowest BCUT2D eigenvalue weighted by Crippen LogP contribution is -2.50. The Labute approximate surface area is 105 Å². The number of terminal acetylenes is 1. The second-order valence-electron chi connectivity index (χ2n) is 5.16. The summed E-state index contributed by atoms with van der Waals surface area (Å²) in [5, 5.41) is 3.24. The van der Waals surface area contributed by atoms with Crippen molar-refractivity contribution in [1.29, 1.82) is 0 Å². The highest BCUT2D eigenvalue weighted by Crippen LogP contribution is 2.11. The molecule has 2 atom stereocenters. The molecule has 0 aromatic carbocycles. The molecule has 1 saturated heterocycles. The van der Waals surface area contributed by atoms with Crippen LogP contribution in [0.3, 0.4) is 0 Å². The molecule has 1 rings (SSSR count). The standard InChI is InChI=1S/C14H24N2O/c1-5-13(11(2)3)15-12(4)14(17)16-9-7-6-8-10-16/h1,11-13,15H,6-10H2,2-4H3. The third-order valence-electron chi connectivity index (χ3n) is 3.31. The molecule has 96 valence electrons. The van der Waals surface area contributed by atoms with Crippen LogP contribution < -0.4 is 5.32 Å². The van der Waals surface area contributed by atoms with Gasteiger partial charge in [0.05, 0.1) is 12.1 Å². The molecule has 0 bridgehead atoms. The minimum absolute atomic E-state index is 0.0289. The van der Waals surface area contributed by atoms with Crippen molar-refractivity contribution >= 4 is 5.91 Å². The fourth-order valence-electron chi connectivity index (χ4n) is 2.16. The van der Waals surface area contributed by atoms with Gasteiger partial charge in [-0.15, -0.1) is 6.42 Å². The summed E-state index contributed by atoms with van der Waals surface area (Å²) in [4.78, 5) is 14.1. The average molecular weight is 236 g/mol. The fraction of sp³-hybridized carbons (Fsp3) is 0.786. The summed E-state index contributed by atoms with van der Waals surface area (Å²) in [6, 6.07) is -0.213. The molecule has 1 heterocycles. The summed E-state index contributed by atoms with van der Waals surface area (Å²) in [6.45, 7) is 7.83. The van der Waals surface area contributed by atoms with E-state index in [9.17, 15) is 4.79 Å². The maximum Gasteiger partial charge on any atom is 0.239 e. The van der Waals surface area contributed by atoms with Crippen molar-refractivity contribution in [3.8, 4) is 12.3 Å². The molecule has 1 amide bonds. The highest BCUT2D eigenvalue weighted by molar-refractivity contribution is 5.81. The van der Waals surface area contributed by atoms with E-state index in [0.29, 0.717) is 5.92 Å². The van der Waals surface area contributed by atoms with Gasteiger partial charge in [-0.05, 0) is 32.1 Å². The summed E-state index contributed by atoms with van der Waals surface area (Å²) >= 11 is 0. The van der Waals surface area contributed by atoms with Crippen LogP contribution in [0.2, 0.25) is 0 Å². The van der Waals surface area contributed by atoms with Gasteiger partial charge < -0.3 is 4.90 Å². The molecule has 3 heteroatoms. The Bertz CT molecular complexity index is 287. The first-order valence-corrected chi connectivity index (χ1v) is 6.57. The first kappa shape index (κ1) is 14.1. The van der Waals surface area contributed by atoms with Crippen molar-refractivity contribution in [2.24, 2.45) is 5.92 Å². The third-order valence-corrected chi connectivity index (χ3v) is 3.31. The number of piperidine rings is 1. The molecule has 2 unspecified atom stereocenters. The molecule has 0 aromatic heterocycles. The fourth-order valence-corrected chi connectivity index (χ4v) is 2.16. The van der Waals surface area contributed by atoms with Crippen LogP contribution in [0.25, 0.3) is 0 Å². The van der Waals surface area contributed by atoms with Crippen molar-refractivity contribution in [3.05, 3.63) is 0 Å². The van der Waals surface area contributed by atoms with Gasteiger partial charge in [0.25, 0.3) is 0 Å². The van der Waals surface area contributed by atoms with E-state index in [1.54, 1.807) is 0 Å². The van der Waals surface area contributed by atoms with Crippen LogP contribution >= 0.6 is 0 Å². The smallest absolute Gasteiger partial charge is 0.239 e. The van der Waals surface area contributed by atoms with E-state index in [0.717, 1.165) is 25.9 Å². The molecule has 17 heavy (non-hydrogen) atoms. The Morgan fingerprint density at radius 1 is 1.24 bits per heavy atom. The van der Waals surface area contributed by atoms with Crippen molar-refractivity contribution in [2.75, 3.05) is 13.1 Å². The number of amides is 1. The van der Waals surface area contributed by atoms with Crippen LogP contribution in [0.4, 0.5) is 0 Å². The monoisotopic (exact) mass is 236 g/mol. The average Bonchev–Trinajstić information content (AvgIpc) is 2.35. The highest BCUT2D eigenvalue weighted by Gasteiger charge is 2.24. The number of hydrogen-bond donors (Lipinski definition) is 1. The van der Waals surface area contributed by atoms with E-state index >= 15 is 0 Å². The van der Waals surface area contributed by atoms with Crippen molar-refractivity contribution in [1.82, 2.24) is 10.2 Å². The highest BCUT2D eigenvalue weighted by atomic mass is 16.2. The van der Waals surface area contributed by atoms with Gasteiger partial charge in [-0.2, -0.15) is 0 Å². The summed E-state index contributed by atoms with van der Waals surface area (Å²) in [6.07, 6.45) is 8.96. The van der Waals surface area contributed by atoms with Gasteiger partial charge in [-0.3, -0.25) is 10.1 Å². The van der Waals surface area contributed by atoms with Gasteiger partial charge in [0.2, 0.25) is 5.91 Å².